The molecule has 0 aromatic rings. The molecule has 5 heteroatoms. The van der Waals surface area contributed by atoms with E-state index in [1.165, 1.54) is 12.8 Å². The minimum atomic E-state index is -0.778. The number of ether oxygens (including phenoxy) is 3. The fourth-order valence-electron chi connectivity index (χ4n) is 1.50. The molecule has 1 aliphatic rings. The van der Waals surface area contributed by atoms with Gasteiger partial charge in [-0.2, -0.15) is 0 Å². The number of methoxy groups -OCH3 is 1. The lowest BCUT2D eigenvalue weighted by Gasteiger charge is -2.23. The Balaban J connectivity index is 1.85. The molecule has 1 fully saturated rings. The van der Waals surface area contributed by atoms with Gasteiger partial charge in [-0.25, -0.2) is 0 Å². The summed E-state index contributed by atoms with van der Waals surface area (Å²) in [4.78, 5) is 0. The standard InChI is InChI=1S/C13H27NO4/c1-13(15,10-14-12-4-5-12)11-18-7-3-6-17-9-8-16-2/h12,14-15H,3-11H2,1-2H3. The van der Waals surface area contributed by atoms with Crippen LogP contribution in [0.5, 0.6) is 0 Å². The van der Waals surface area contributed by atoms with Crippen LogP contribution in [0, 0.1) is 0 Å². The molecular weight excluding hydrogens is 234 g/mol. The molecule has 108 valence electrons. The molecular formula is C13H27NO4. The fraction of sp³-hybridized carbons (Fsp3) is 1.00. The molecule has 0 heterocycles. The summed E-state index contributed by atoms with van der Waals surface area (Å²) in [5.41, 5.74) is -0.778. The smallest absolute Gasteiger partial charge is 0.0975 e. The lowest BCUT2D eigenvalue weighted by atomic mass is 10.1. The zero-order valence-electron chi connectivity index (χ0n) is 11.6. The zero-order valence-corrected chi connectivity index (χ0v) is 11.6. The van der Waals surface area contributed by atoms with Gasteiger partial charge in [-0.1, -0.05) is 0 Å². The maximum Gasteiger partial charge on any atom is 0.0975 e. The largest absolute Gasteiger partial charge is 0.386 e. The van der Waals surface area contributed by atoms with Crippen LogP contribution in [0.4, 0.5) is 0 Å². The first-order chi connectivity index (χ1) is 8.64. The molecule has 5 nitrogen and oxygen atoms in total. The van der Waals surface area contributed by atoms with Gasteiger partial charge in [-0.15, -0.1) is 0 Å². The number of hydrogen-bond acceptors (Lipinski definition) is 5. The molecule has 0 spiro atoms. The van der Waals surface area contributed by atoms with E-state index in [0.29, 0.717) is 45.6 Å². The zero-order chi connectivity index (χ0) is 13.3. The third-order valence-electron chi connectivity index (χ3n) is 2.77. The van der Waals surface area contributed by atoms with E-state index in [2.05, 4.69) is 5.32 Å². The van der Waals surface area contributed by atoms with E-state index in [9.17, 15) is 5.11 Å². The van der Waals surface area contributed by atoms with Crippen LogP contribution >= 0.6 is 0 Å². The van der Waals surface area contributed by atoms with Crippen molar-refractivity contribution in [2.45, 2.75) is 37.8 Å². The Morgan fingerprint density at radius 1 is 1.17 bits per heavy atom. The van der Waals surface area contributed by atoms with Gasteiger partial charge in [-0.05, 0) is 26.2 Å². The second-order valence-corrected chi connectivity index (χ2v) is 5.16. The molecule has 1 unspecified atom stereocenters. The second kappa shape index (κ2) is 8.82. The predicted octanol–water partition coefficient (Wildman–Crippen LogP) is 0.559. The Labute approximate surface area is 110 Å². The van der Waals surface area contributed by atoms with E-state index >= 15 is 0 Å². The van der Waals surface area contributed by atoms with Crippen molar-refractivity contribution >= 4 is 0 Å². The lowest BCUT2D eigenvalue weighted by molar-refractivity contribution is -0.0376. The van der Waals surface area contributed by atoms with Gasteiger partial charge in [0.05, 0.1) is 25.4 Å². The minimum absolute atomic E-state index is 0.366. The maximum atomic E-state index is 10.0. The summed E-state index contributed by atoms with van der Waals surface area (Å²) < 4.78 is 15.6. The van der Waals surface area contributed by atoms with Crippen molar-refractivity contribution in [1.82, 2.24) is 5.32 Å². The molecule has 1 aliphatic carbocycles. The Bertz CT molecular complexity index is 207. The van der Waals surface area contributed by atoms with Crippen molar-refractivity contribution in [3.63, 3.8) is 0 Å². The van der Waals surface area contributed by atoms with Crippen LogP contribution in [-0.2, 0) is 14.2 Å². The van der Waals surface area contributed by atoms with Gasteiger partial charge < -0.3 is 24.6 Å². The Morgan fingerprint density at radius 3 is 2.56 bits per heavy atom. The fourth-order valence-corrected chi connectivity index (χ4v) is 1.50. The molecule has 0 radical (unpaired) electrons. The second-order valence-electron chi connectivity index (χ2n) is 5.16. The van der Waals surface area contributed by atoms with Crippen LogP contribution < -0.4 is 5.32 Å². The van der Waals surface area contributed by atoms with Crippen LogP contribution in [0.2, 0.25) is 0 Å². The highest BCUT2D eigenvalue weighted by molar-refractivity contribution is 4.85. The average Bonchev–Trinajstić information content (AvgIpc) is 3.14. The van der Waals surface area contributed by atoms with Gasteiger partial charge >= 0.3 is 0 Å². The number of rotatable bonds is 12. The van der Waals surface area contributed by atoms with Gasteiger partial charge in [0.2, 0.25) is 0 Å². The molecule has 0 amide bonds. The lowest BCUT2D eigenvalue weighted by Crippen LogP contribution is -2.42. The molecule has 18 heavy (non-hydrogen) atoms. The average molecular weight is 261 g/mol. The molecule has 1 saturated carbocycles. The minimum Gasteiger partial charge on any atom is -0.386 e. The molecule has 0 aliphatic heterocycles. The first kappa shape index (κ1) is 15.9. The third-order valence-corrected chi connectivity index (χ3v) is 2.77. The van der Waals surface area contributed by atoms with Crippen molar-refractivity contribution < 1.29 is 19.3 Å². The van der Waals surface area contributed by atoms with Crippen molar-refractivity contribution in [2.75, 3.05) is 46.7 Å². The maximum absolute atomic E-state index is 10.0. The van der Waals surface area contributed by atoms with Gasteiger partial charge in [0.25, 0.3) is 0 Å². The van der Waals surface area contributed by atoms with Gasteiger partial charge in [0.1, 0.15) is 0 Å². The van der Waals surface area contributed by atoms with Crippen molar-refractivity contribution in [3.05, 3.63) is 0 Å². The van der Waals surface area contributed by atoms with E-state index in [1.54, 1.807) is 14.0 Å². The van der Waals surface area contributed by atoms with Crippen LogP contribution in [0.3, 0.4) is 0 Å². The SMILES string of the molecule is COCCOCCCOCC(C)(O)CNC1CC1. The third kappa shape index (κ3) is 8.83. The highest BCUT2D eigenvalue weighted by Gasteiger charge is 2.26. The van der Waals surface area contributed by atoms with E-state index in [-0.39, 0.29) is 0 Å². The Kier molecular flexibility index (Phi) is 7.77. The Hall–Kier alpha value is -0.200. The van der Waals surface area contributed by atoms with E-state index < -0.39 is 5.60 Å². The van der Waals surface area contributed by atoms with Crippen LogP contribution in [0.1, 0.15) is 26.2 Å². The number of nitrogens with one attached hydrogen (secondary N) is 1. The predicted molar refractivity (Wildman–Crippen MR) is 69.8 cm³/mol. The van der Waals surface area contributed by atoms with Crippen LogP contribution in [0.25, 0.3) is 0 Å². The highest BCUT2D eigenvalue weighted by atomic mass is 16.5. The van der Waals surface area contributed by atoms with Crippen molar-refractivity contribution in [1.29, 1.82) is 0 Å². The molecule has 0 bridgehead atoms. The summed E-state index contributed by atoms with van der Waals surface area (Å²) >= 11 is 0. The summed E-state index contributed by atoms with van der Waals surface area (Å²) in [6.45, 7) is 5.31. The first-order valence-corrected chi connectivity index (χ1v) is 6.74. The normalized spacial score (nSPS) is 18.8. The quantitative estimate of drug-likeness (QED) is 0.503. The number of aliphatic hydroxyl groups is 1. The van der Waals surface area contributed by atoms with Crippen molar-refractivity contribution in [3.8, 4) is 0 Å². The molecule has 0 aromatic heterocycles. The topological polar surface area (TPSA) is 60.0 Å². The van der Waals surface area contributed by atoms with Gasteiger partial charge in [0, 0.05) is 32.9 Å². The molecule has 0 saturated heterocycles. The Morgan fingerprint density at radius 2 is 1.89 bits per heavy atom. The van der Waals surface area contributed by atoms with Crippen molar-refractivity contribution in [2.24, 2.45) is 0 Å². The summed E-state index contributed by atoms with van der Waals surface area (Å²) in [5.74, 6) is 0. The summed E-state index contributed by atoms with van der Waals surface area (Å²) in [6.07, 6.45) is 3.31. The summed E-state index contributed by atoms with van der Waals surface area (Å²) in [7, 11) is 1.66. The molecule has 2 N–H and O–H groups in total. The van der Waals surface area contributed by atoms with E-state index in [1.807, 2.05) is 0 Å². The molecule has 1 rings (SSSR count). The van der Waals surface area contributed by atoms with Gasteiger partial charge in [-0.3, -0.25) is 0 Å². The molecule has 1 atom stereocenters. The summed E-state index contributed by atoms with van der Waals surface area (Å²) in [6, 6.07) is 0.616. The summed E-state index contributed by atoms with van der Waals surface area (Å²) in [5, 5.41) is 13.3. The first-order valence-electron chi connectivity index (χ1n) is 6.74. The van der Waals surface area contributed by atoms with E-state index in [4.69, 9.17) is 14.2 Å². The molecule has 0 aromatic carbocycles. The number of hydrogen-bond donors (Lipinski definition) is 2. The van der Waals surface area contributed by atoms with Crippen LogP contribution in [-0.4, -0.2) is 63.4 Å². The van der Waals surface area contributed by atoms with Gasteiger partial charge in [0.15, 0.2) is 0 Å². The van der Waals surface area contributed by atoms with Crippen LogP contribution in [0.15, 0.2) is 0 Å². The highest BCUT2D eigenvalue weighted by Crippen LogP contribution is 2.19. The monoisotopic (exact) mass is 261 g/mol. The van der Waals surface area contributed by atoms with E-state index in [0.717, 1.165) is 6.42 Å².